The van der Waals surface area contributed by atoms with Gasteiger partial charge < -0.3 is 15.8 Å². The van der Waals surface area contributed by atoms with Crippen LogP contribution >= 0.6 is 0 Å². The first-order valence-corrected chi connectivity index (χ1v) is 9.02. The fourth-order valence-electron chi connectivity index (χ4n) is 3.51. The molecule has 134 valence electrons. The van der Waals surface area contributed by atoms with E-state index in [1.807, 2.05) is 19.1 Å². The average molecular weight is 333 g/mol. The van der Waals surface area contributed by atoms with Crippen molar-refractivity contribution in [1.82, 2.24) is 10.2 Å². The Labute approximate surface area is 145 Å². The lowest BCUT2D eigenvalue weighted by molar-refractivity contribution is 0.00191. The van der Waals surface area contributed by atoms with Gasteiger partial charge in [-0.2, -0.15) is 0 Å². The van der Waals surface area contributed by atoms with Crippen LogP contribution in [0.1, 0.15) is 42.6 Å². The zero-order valence-electron chi connectivity index (χ0n) is 15.2. The van der Waals surface area contributed by atoms with Gasteiger partial charge in [0.1, 0.15) is 0 Å². The Bertz CT molecular complexity index is 537. The van der Waals surface area contributed by atoms with Gasteiger partial charge in [0.2, 0.25) is 0 Å². The minimum atomic E-state index is -0.0379. The highest BCUT2D eigenvalue weighted by Gasteiger charge is 2.27. The van der Waals surface area contributed by atoms with Gasteiger partial charge >= 0.3 is 0 Å². The molecule has 5 heteroatoms. The van der Waals surface area contributed by atoms with Gasteiger partial charge in [0.25, 0.3) is 5.91 Å². The maximum atomic E-state index is 12.6. The molecule has 1 aliphatic rings. The number of hydrogen-bond donors (Lipinski definition) is 2. The number of rotatable bonds is 7. The number of aryl methyl sites for hydroxylation is 1. The van der Waals surface area contributed by atoms with Gasteiger partial charge in [-0.3, -0.25) is 9.69 Å². The summed E-state index contributed by atoms with van der Waals surface area (Å²) >= 11 is 0. The highest BCUT2D eigenvalue weighted by molar-refractivity contribution is 5.96. The molecule has 2 rings (SSSR count). The van der Waals surface area contributed by atoms with Crippen LogP contribution in [-0.2, 0) is 4.74 Å². The first-order valence-electron chi connectivity index (χ1n) is 9.02. The van der Waals surface area contributed by atoms with E-state index in [2.05, 4.69) is 24.1 Å². The Kier molecular flexibility index (Phi) is 7.06. The molecule has 0 saturated carbocycles. The second kappa shape index (κ2) is 9.04. The van der Waals surface area contributed by atoms with Gasteiger partial charge in [0, 0.05) is 36.9 Å². The van der Waals surface area contributed by atoms with Crippen LogP contribution in [0.2, 0.25) is 0 Å². The molecule has 0 radical (unpaired) electrons. The number of hydrogen-bond acceptors (Lipinski definition) is 4. The topological polar surface area (TPSA) is 67.6 Å². The molecule has 0 aromatic heterocycles. The third-order valence-electron chi connectivity index (χ3n) is 5.09. The van der Waals surface area contributed by atoms with Crippen LogP contribution < -0.4 is 11.1 Å². The number of anilines is 1. The van der Waals surface area contributed by atoms with Crippen LogP contribution in [-0.4, -0.2) is 49.7 Å². The highest BCUT2D eigenvalue weighted by Crippen LogP contribution is 2.20. The van der Waals surface area contributed by atoms with Gasteiger partial charge in [-0.25, -0.2) is 0 Å². The third kappa shape index (κ3) is 4.71. The van der Waals surface area contributed by atoms with Crippen molar-refractivity contribution in [1.29, 1.82) is 0 Å². The van der Waals surface area contributed by atoms with Crippen molar-refractivity contribution >= 4 is 11.6 Å². The number of morpholine rings is 1. The predicted octanol–water partition coefficient (Wildman–Crippen LogP) is 2.44. The predicted molar refractivity (Wildman–Crippen MR) is 98.2 cm³/mol. The molecule has 24 heavy (non-hydrogen) atoms. The van der Waals surface area contributed by atoms with Crippen molar-refractivity contribution in [2.24, 2.45) is 5.92 Å². The smallest absolute Gasteiger partial charge is 0.251 e. The lowest BCUT2D eigenvalue weighted by Gasteiger charge is -2.38. The van der Waals surface area contributed by atoms with Crippen LogP contribution in [0.25, 0.3) is 0 Å². The molecule has 1 fully saturated rings. The van der Waals surface area contributed by atoms with E-state index in [0.717, 1.165) is 44.7 Å². The van der Waals surface area contributed by atoms with Gasteiger partial charge in [0.15, 0.2) is 0 Å². The second-order valence-corrected chi connectivity index (χ2v) is 6.58. The lowest BCUT2D eigenvalue weighted by Crippen LogP contribution is -2.52. The standard InChI is InChI=1S/C19H31N3O2/c1-4-15(5-2)18(22-8-10-24-11-9-22)13-21-19(23)17-12-16(20)7-6-14(17)3/h6-7,12,15,18H,4-5,8-11,13,20H2,1-3H3,(H,21,23). The molecule has 0 aliphatic carbocycles. The van der Waals surface area contributed by atoms with E-state index in [-0.39, 0.29) is 5.91 Å². The van der Waals surface area contributed by atoms with Crippen molar-refractivity contribution < 1.29 is 9.53 Å². The van der Waals surface area contributed by atoms with Crippen molar-refractivity contribution in [2.75, 3.05) is 38.6 Å². The maximum Gasteiger partial charge on any atom is 0.251 e. The Balaban J connectivity index is 2.05. The number of nitrogens with zero attached hydrogens (tertiary/aromatic N) is 1. The van der Waals surface area contributed by atoms with E-state index in [9.17, 15) is 4.79 Å². The SMILES string of the molecule is CCC(CC)C(CNC(=O)c1cc(N)ccc1C)N1CCOCC1. The molecule has 0 bridgehead atoms. The molecule has 1 heterocycles. The van der Waals surface area contributed by atoms with E-state index in [0.29, 0.717) is 29.8 Å². The van der Waals surface area contributed by atoms with Crippen molar-refractivity contribution in [3.63, 3.8) is 0 Å². The zero-order chi connectivity index (χ0) is 17.5. The van der Waals surface area contributed by atoms with Crippen molar-refractivity contribution in [3.8, 4) is 0 Å². The molecule has 5 nitrogen and oxygen atoms in total. The van der Waals surface area contributed by atoms with Gasteiger partial charge in [-0.1, -0.05) is 32.8 Å². The molecular formula is C19H31N3O2. The van der Waals surface area contributed by atoms with Gasteiger partial charge in [-0.15, -0.1) is 0 Å². The van der Waals surface area contributed by atoms with E-state index in [1.54, 1.807) is 6.07 Å². The summed E-state index contributed by atoms with van der Waals surface area (Å²) in [4.78, 5) is 15.1. The molecular weight excluding hydrogens is 302 g/mol. The molecule has 1 atom stereocenters. The fourth-order valence-corrected chi connectivity index (χ4v) is 3.51. The molecule has 3 N–H and O–H groups in total. The number of amides is 1. The first kappa shape index (κ1) is 18.7. The average Bonchev–Trinajstić information content (AvgIpc) is 2.61. The quantitative estimate of drug-likeness (QED) is 0.752. The number of benzene rings is 1. The summed E-state index contributed by atoms with van der Waals surface area (Å²) in [6.45, 7) is 10.5. The molecule has 0 spiro atoms. The summed E-state index contributed by atoms with van der Waals surface area (Å²) in [5.74, 6) is 0.536. The largest absolute Gasteiger partial charge is 0.399 e. The number of nitrogens with two attached hydrogens (primary N) is 1. The second-order valence-electron chi connectivity index (χ2n) is 6.58. The zero-order valence-corrected chi connectivity index (χ0v) is 15.2. The van der Waals surface area contributed by atoms with E-state index < -0.39 is 0 Å². The normalized spacial score (nSPS) is 17.0. The molecule has 1 aliphatic heterocycles. The van der Waals surface area contributed by atoms with E-state index >= 15 is 0 Å². The first-order chi connectivity index (χ1) is 11.6. The number of nitrogen functional groups attached to an aromatic ring is 1. The summed E-state index contributed by atoms with van der Waals surface area (Å²) in [6.07, 6.45) is 2.23. The van der Waals surface area contributed by atoms with Crippen LogP contribution in [0, 0.1) is 12.8 Å². The van der Waals surface area contributed by atoms with E-state index in [4.69, 9.17) is 10.5 Å². The summed E-state index contributed by atoms with van der Waals surface area (Å²) in [7, 11) is 0. The van der Waals surface area contributed by atoms with Crippen LogP contribution in [0.3, 0.4) is 0 Å². The molecule has 1 amide bonds. The molecule has 1 aromatic carbocycles. The fraction of sp³-hybridized carbons (Fsp3) is 0.632. The molecule has 1 aromatic rings. The van der Waals surface area contributed by atoms with Crippen LogP contribution in [0.5, 0.6) is 0 Å². The summed E-state index contributed by atoms with van der Waals surface area (Å²) < 4.78 is 5.48. The Hall–Kier alpha value is -1.59. The van der Waals surface area contributed by atoms with Crippen LogP contribution in [0.15, 0.2) is 18.2 Å². The minimum absolute atomic E-state index is 0.0379. The Morgan fingerprint density at radius 2 is 1.96 bits per heavy atom. The summed E-state index contributed by atoms with van der Waals surface area (Å²) in [5, 5.41) is 3.14. The number of carbonyl (C=O) groups excluding carboxylic acids is 1. The molecule has 1 unspecified atom stereocenters. The summed E-state index contributed by atoms with van der Waals surface area (Å²) in [6, 6.07) is 5.83. The lowest BCUT2D eigenvalue weighted by atomic mass is 9.92. The van der Waals surface area contributed by atoms with E-state index in [1.165, 1.54) is 0 Å². The number of nitrogens with one attached hydrogen (secondary N) is 1. The monoisotopic (exact) mass is 333 g/mol. The Morgan fingerprint density at radius 3 is 2.58 bits per heavy atom. The maximum absolute atomic E-state index is 12.6. The van der Waals surface area contributed by atoms with Crippen molar-refractivity contribution in [3.05, 3.63) is 29.3 Å². The van der Waals surface area contributed by atoms with Gasteiger partial charge in [-0.05, 0) is 30.5 Å². The number of carbonyl (C=O) groups is 1. The van der Waals surface area contributed by atoms with Crippen molar-refractivity contribution in [2.45, 2.75) is 39.7 Å². The third-order valence-corrected chi connectivity index (χ3v) is 5.09. The van der Waals surface area contributed by atoms with Gasteiger partial charge in [0.05, 0.1) is 13.2 Å². The highest BCUT2D eigenvalue weighted by atomic mass is 16.5. The minimum Gasteiger partial charge on any atom is -0.399 e. The molecule has 1 saturated heterocycles. The van der Waals surface area contributed by atoms with Crippen LogP contribution in [0.4, 0.5) is 5.69 Å². The Morgan fingerprint density at radius 1 is 1.29 bits per heavy atom. The number of ether oxygens (including phenoxy) is 1. The summed E-state index contributed by atoms with van der Waals surface area (Å²) in [5.41, 5.74) is 8.07.